The van der Waals surface area contributed by atoms with Gasteiger partial charge in [0, 0.05) is 23.9 Å². The quantitative estimate of drug-likeness (QED) is 0.754. The molecule has 3 N–H and O–H groups in total. The van der Waals surface area contributed by atoms with Gasteiger partial charge in [0.25, 0.3) is 10.0 Å². The van der Waals surface area contributed by atoms with Crippen LogP contribution in [0.1, 0.15) is 33.4 Å². The molecule has 1 saturated heterocycles. The van der Waals surface area contributed by atoms with Crippen LogP contribution < -0.4 is 15.9 Å². The molecule has 1 aromatic carbocycles. The highest BCUT2D eigenvalue weighted by molar-refractivity contribution is 7.92. The first-order valence-corrected chi connectivity index (χ1v) is 10.2. The molecule has 27 heavy (non-hydrogen) atoms. The summed E-state index contributed by atoms with van der Waals surface area (Å²) in [5, 5.41) is 0. The molecule has 0 spiro atoms. The van der Waals surface area contributed by atoms with Gasteiger partial charge in [0.1, 0.15) is 4.90 Å². The van der Waals surface area contributed by atoms with Crippen LogP contribution in [0.25, 0.3) is 0 Å². The van der Waals surface area contributed by atoms with E-state index < -0.39 is 28.3 Å². The molecule has 2 aromatic rings. The van der Waals surface area contributed by atoms with Crippen LogP contribution in [0, 0.1) is 0 Å². The summed E-state index contributed by atoms with van der Waals surface area (Å²) in [6, 6.07) is 10.2. The zero-order chi connectivity index (χ0) is 19.9. The highest BCUT2D eigenvalue weighted by atomic mass is 32.2. The Morgan fingerprint density at radius 2 is 1.70 bits per heavy atom. The van der Waals surface area contributed by atoms with Crippen LogP contribution >= 0.6 is 0 Å². The van der Waals surface area contributed by atoms with E-state index in [2.05, 4.69) is 9.71 Å². The molecule has 0 saturated carbocycles. The topological polar surface area (TPSA) is 104 Å². The molecule has 0 amide bonds. The zero-order valence-corrected chi connectivity index (χ0v) is 16.7. The second kappa shape index (κ2) is 6.90. The summed E-state index contributed by atoms with van der Waals surface area (Å²) in [6.45, 7) is 7.73. The second-order valence-corrected chi connectivity index (χ2v) is 9.13. The molecule has 2 heterocycles. The smallest absolute Gasteiger partial charge is 0.399 e. The third kappa shape index (κ3) is 3.86. The van der Waals surface area contributed by atoms with Crippen molar-refractivity contribution in [3.63, 3.8) is 0 Å². The normalized spacial score (nSPS) is 18.5. The number of para-hydroxylation sites is 1. The summed E-state index contributed by atoms with van der Waals surface area (Å²) in [5.41, 5.74) is 5.90. The maximum Gasteiger partial charge on any atom is 0.496 e. The first-order valence-electron chi connectivity index (χ1n) is 8.68. The minimum atomic E-state index is -3.87. The van der Waals surface area contributed by atoms with Crippen LogP contribution in [0.3, 0.4) is 0 Å². The molecule has 1 aliphatic rings. The SMILES string of the molecule is CC1(C)OB(c2cnc(CN)c(S(=O)(=O)Nc3ccccc3)c2)OC1(C)C. The molecule has 3 rings (SSSR count). The summed E-state index contributed by atoms with van der Waals surface area (Å²) in [4.78, 5) is 4.26. The van der Waals surface area contributed by atoms with E-state index in [1.54, 1.807) is 30.5 Å². The molecule has 144 valence electrons. The number of hydrogen-bond acceptors (Lipinski definition) is 6. The van der Waals surface area contributed by atoms with E-state index in [9.17, 15) is 8.42 Å². The second-order valence-electron chi connectivity index (χ2n) is 7.48. The third-order valence-corrected chi connectivity index (χ3v) is 6.42. The first kappa shape index (κ1) is 19.8. The average Bonchev–Trinajstić information content (AvgIpc) is 2.82. The van der Waals surface area contributed by atoms with Crippen molar-refractivity contribution >= 4 is 28.3 Å². The van der Waals surface area contributed by atoms with Crippen LogP contribution in [0.4, 0.5) is 5.69 Å². The van der Waals surface area contributed by atoms with E-state index in [4.69, 9.17) is 15.0 Å². The molecule has 0 unspecified atom stereocenters. The zero-order valence-electron chi connectivity index (χ0n) is 15.9. The predicted molar refractivity (Wildman–Crippen MR) is 105 cm³/mol. The molecule has 0 radical (unpaired) electrons. The molecular weight excluding hydrogens is 365 g/mol. The van der Waals surface area contributed by atoms with Crippen molar-refractivity contribution in [2.45, 2.75) is 50.3 Å². The van der Waals surface area contributed by atoms with Crippen molar-refractivity contribution in [1.82, 2.24) is 4.98 Å². The highest BCUT2D eigenvalue weighted by Gasteiger charge is 2.52. The van der Waals surface area contributed by atoms with Gasteiger partial charge in [-0.2, -0.15) is 0 Å². The number of nitrogens with two attached hydrogens (primary N) is 1. The number of hydrogen-bond donors (Lipinski definition) is 2. The van der Waals surface area contributed by atoms with Crippen molar-refractivity contribution in [3.05, 3.63) is 48.3 Å². The van der Waals surface area contributed by atoms with Gasteiger partial charge in [0.05, 0.1) is 16.9 Å². The monoisotopic (exact) mass is 389 g/mol. The van der Waals surface area contributed by atoms with Crippen molar-refractivity contribution < 1.29 is 17.7 Å². The lowest BCUT2D eigenvalue weighted by Gasteiger charge is -2.32. The first-order chi connectivity index (χ1) is 12.6. The summed E-state index contributed by atoms with van der Waals surface area (Å²) in [5.74, 6) is 0. The molecular formula is C18H24BN3O4S. The lowest BCUT2D eigenvalue weighted by molar-refractivity contribution is 0.00578. The van der Waals surface area contributed by atoms with Gasteiger partial charge in [-0.05, 0) is 45.9 Å². The van der Waals surface area contributed by atoms with Crippen molar-refractivity contribution in [1.29, 1.82) is 0 Å². The van der Waals surface area contributed by atoms with Crippen LogP contribution in [-0.2, 0) is 25.9 Å². The molecule has 1 fully saturated rings. The molecule has 7 nitrogen and oxygen atoms in total. The van der Waals surface area contributed by atoms with E-state index >= 15 is 0 Å². The maximum absolute atomic E-state index is 12.9. The Morgan fingerprint density at radius 3 is 2.26 bits per heavy atom. The molecule has 9 heteroatoms. The fraction of sp³-hybridized carbons (Fsp3) is 0.389. The highest BCUT2D eigenvalue weighted by Crippen LogP contribution is 2.36. The number of sulfonamides is 1. The Morgan fingerprint density at radius 1 is 1.11 bits per heavy atom. The molecule has 0 aliphatic carbocycles. The predicted octanol–water partition coefficient (Wildman–Crippen LogP) is 1.64. The number of pyridine rings is 1. The number of aromatic nitrogens is 1. The van der Waals surface area contributed by atoms with E-state index in [0.717, 1.165) is 0 Å². The van der Waals surface area contributed by atoms with Gasteiger partial charge < -0.3 is 15.0 Å². The molecule has 0 bridgehead atoms. The number of rotatable bonds is 5. The van der Waals surface area contributed by atoms with Gasteiger partial charge in [0.15, 0.2) is 0 Å². The Kier molecular flexibility index (Phi) is 5.07. The van der Waals surface area contributed by atoms with Gasteiger partial charge >= 0.3 is 7.12 Å². The number of nitrogens with zero attached hydrogens (tertiary/aromatic N) is 1. The fourth-order valence-electron chi connectivity index (χ4n) is 2.70. The van der Waals surface area contributed by atoms with Crippen molar-refractivity contribution in [3.8, 4) is 0 Å². The Hall–Kier alpha value is -1.94. The number of benzene rings is 1. The standard InChI is InChI=1S/C18H24BN3O4S/c1-17(2)18(3,4)26-19(25-17)13-10-16(15(11-20)21-12-13)27(23,24)22-14-8-6-5-7-9-14/h5-10,12,22H,11,20H2,1-4H3. The third-order valence-electron chi connectivity index (χ3n) is 4.99. The minimum Gasteiger partial charge on any atom is -0.399 e. The van der Waals surface area contributed by atoms with Crippen molar-refractivity contribution in [2.24, 2.45) is 5.73 Å². The minimum absolute atomic E-state index is 0.00528. The summed E-state index contributed by atoms with van der Waals surface area (Å²) >= 11 is 0. The van der Waals surface area contributed by atoms with Crippen molar-refractivity contribution in [2.75, 3.05) is 4.72 Å². The van der Waals surface area contributed by atoms with Gasteiger partial charge in [-0.3, -0.25) is 9.71 Å². The largest absolute Gasteiger partial charge is 0.496 e. The molecule has 0 atom stereocenters. The van der Waals surface area contributed by atoms with Gasteiger partial charge in [-0.25, -0.2) is 8.42 Å². The van der Waals surface area contributed by atoms with Crippen LogP contribution in [0.15, 0.2) is 47.5 Å². The molecule has 1 aromatic heterocycles. The van der Waals surface area contributed by atoms with Gasteiger partial charge in [0.2, 0.25) is 0 Å². The lowest BCUT2D eigenvalue weighted by Crippen LogP contribution is -2.41. The Labute approximate surface area is 160 Å². The van der Waals surface area contributed by atoms with Crippen LogP contribution in [0.5, 0.6) is 0 Å². The average molecular weight is 389 g/mol. The number of nitrogens with one attached hydrogen (secondary N) is 1. The van der Waals surface area contributed by atoms with E-state index in [-0.39, 0.29) is 17.1 Å². The summed E-state index contributed by atoms with van der Waals surface area (Å²) < 4.78 is 40.4. The van der Waals surface area contributed by atoms with E-state index in [1.165, 1.54) is 6.07 Å². The fourth-order valence-corrected chi connectivity index (χ4v) is 3.99. The summed E-state index contributed by atoms with van der Waals surface area (Å²) in [7, 11) is -4.58. The lowest BCUT2D eigenvalue weighted by atomic mass is 9.80. The number of anilines is 1. The Bertz CT molecular complexity index is 917. The van der Waals surface area contributed by atoms with Crippen LogP contribution in [-0.4, -0.2) is 31.7 Å². The van der Waals surface area contributed by atoms with Crippen LogP contribution in [0.2, 0.25) is 0 Å². The maximum atomic E-state index is 12.9. The molecule has 1 aliphatic heterocycles. The Balaban J connectivity index is 1.98. The van der Waals surface area contributed by atoms with E-state index in [0.29, 0.717) is 11.2 Å². The van der Waals surface area contributed by atoms with Gasteiger partial charge in [-0.1, -0.05) is 18.2 Å². The van der Waals surface area contributed by atoms with E-state index in [1.807, 2.05) is 33.8 Å². The van der Waals surface area contributed by atoms with Gasteiger partial charge in [-0.15, -0.1) is 0 Å². The summed E-state index contributed by atoms with van der Waals surface area (Å²) in [6.07, 6.45) is 1.55.